The first-order valence-corrected chi connectivity index (χ1v) is 62.2. The normalized spacial score (nSPS) is 33.1. The molecule has 0 spiro atoms. The van der Waals surface area contributed by atoms with Crippen molar-refractivity contribution < 1.29 is 0 Å². The summed E-state index contributed by atoms with van der Waals surface area (Å²) < 4.78 is 0. The predicted octanol–water partition coefficient (Wildman–Crippen LogP) is 48.3. The average Bonchev–Trinajstić information content (AvgIpc) is 1.62. The summed E-state index contributed by atoms with van der Waals surface area (Å²) in [5.41, 5.74) is 10.6. The Bertz CT molecular complexity index is 3390. The molecule has 2 bridgehead atoms. The summed E-state index contributed by atoms with van der Waals surface area (Å²) >= 11 is 0. The molecule has 0 aromatic heterocycles. The fourth-order valence-electron chi connectivity index (χ4n) is 33.0. The van der Waals surface area contributed by atoms with E-state index in [1.54, 1.807) is 0 Å². The fraction of sp³-hybridized carbons (Fsp3) is 0.958. The van der Waals surface area contributed by atoms with Crippen molar-refractivity contribution in [1.29, 1.82) is 0 Å². The van der Waals surface area contributed by atoms with Gasteiger partial charge < -0.3 is 0 Å². The molecule has 0 nitrogen and oxygen atoms in total. The van der Waals surface area contributed by atoms with E-state index in [2.05, 4.69) is 447 Å². The van der Waals surface area contributed by atoms with Gasteiger partial charge in [-0.3, -0.25) is 0 Å². The Morgan fingerprint density at radius 3 is 0.796 bits per heavy atom. The zero-order valence-electron chi connectivity index (χ0n) is 110. The standard InChI is InChI=1S/C18H36.C18H34.C16H32.C16H30.C16H32.C16H30.C15H28.C14H28.C13H26/c2*1-13(2)14-10-11-18(9,17(6,7)8)15(12-14)16(3,4)5;2*1-15(2,3)13-11-9-7-8-10-12-14(13)16(4,5)6;2*1-8-12-9-10-13(15(2,3)4)14(11-12)16(5,6)7;1-14(2,3)12-10-7-8-11(9-10)13(12)15(4,5)6;1-13(2,3)11-9-7-8-10-12(11)14(4,5)6;1-12(2,3)10-8-7-9-11(10)13(4,5)6/h13-15H,10-12H2,1-9H3;14-15H,1,10-12H2,2-9H3;13-14H,7-12H2,1-6H3;7-8,13-14H,9-12H2,1-6H3;12-14H,8-11H2,1-7H3;8,12-14H,1,9-11H2,2-7H3;10-13H,7-9H2,1-6H3;11-12H,7-10H2,1-6H3;10-11H,7-9H2,1-6H3/b;;;8-7-;;;;;. The van der Waals surface area contributed by atoms with Crippen molar-refractivity contribution >= 4 is 0 Å². The molecule has 10 rings (SSSR count). The summed E-state index contributed by atoms with van der Waals surface area (Å²) in [5, 5.41) is 0. The first-order chi connectivity index (χ1) is 63.2. The zero-order valence-corrected chi connectivity index (χ0v) is 110. The third kappa shape index (κ3) is 42.1. The second-order valence-corrected chi connectivity index (χ2v) is 71.8. The molecule has 9 fully saturated rings. The first-order valence-electron chi connectivity index (χ1n) is 62.2. The van der Waals surface area contributed by atoms with Crippen LogP contribution in [0.25, 0.3) is 0 Å². The molecule has 10 aliphatic carbocycles. The molecule has 0 N–H and O–H groups in total. The van der Waals surface area contributed by atoms with Crippen molar-refractivity contribution in [3.8, 4) is 0 Å². The van der Waals surface area contributed by atoms with Crippen LogP contribution in [0.2, 0.25) is 0 Å². The van der Waals surface area contributed by atoms with E-state index in [1.807, 2.05) is 0 Å². The summed E-state index contributed by atoms with van der Waals surface area (Å²) in [7, 11) is 0. The van der Waals surface area contributed by atoms with Crippen LogP contribution >= 0.6 is 0 Å². The zero-order chi connectivity index (χ0) is 111. The SMILES string of the molecule is C=C(C)C1CCC(C)(C(C)(C)C)C(C(C)(C)C)C1.C=CC1CCC(C(C)(C)C)C(C(C)(C)C)C1.CC(C)(C)C1C2CCC(C2)C1C(C)(C)C.CC(C)(C)C1CC/C=C\CCC1C(C)(C)C.CC(C)(C)C1CCCC1C(C)(C)C.CC(C)(C)C1CCCCC1C(C)(C)C.CC(C)(C)C1CCCCCCC1C(C)(C)C.CC(C)C1CCC(C)(C(C)(C)C)C(C(C)(C)C)C1.CCC1CCC(C(C)(C)C)C(C(C)(C)C)C1. The van der Waals surface area contributed by atoms with Crippen LogP contribution in [0.3, 0.4) is 0 Å². The van der Waals surface area contributed by atoms with Crippen LogP contribution in [0.1, 0.15) is 627 Å². The Morgan fingerprint density at radius 2 is 0.535 bits per heavy atom. The quantitative estimate of drug-likeness (QED) is 0.246. The summed E-state index contributed by atoms with van der Waals surface area (Å²) in [5.74, 6) is 20.7. The van der Waals surface area contributed by atoms with Crippen molar-refractivity contribution in [3.63, 3.8) is 0 Å². The Labute approximate surface area is 902 Å². The van der Waals surface area contributed by atoms with Crippen molar-refractivity contribution in [1.82, 2.24) is 0 Å². The van der Waals surface area contributed by atoms with Gasteiger partial charge in [-0.15, -0.1) is 6.58 Å². The minimum atomic E-state index is 0.380. The Hall–Kier alpha value is -0.780. The van der Waals surface area contributed by atoms with Crippen LogP contribution in [0.5, 0.6) is 0 Å². The highest BCUT2D eigenvalue weighted by Crippen LogP contribution is 2.66. The van der Waals surface area contributed by atoms with Crippen molar-refractivity contribution in [2.75, 3.05) is 0 Å². The molecule has 10 aliphatic rings. The van der Waals surface area contributed by atoms with Gasteiger partial charge in [-0.05, 0) is 405 Å². The van der Waals surface area contributed by atoms with E-state index in [1.165, 1.54) is 217 Å². The monoisotopic (exact) mass is 1980 g/mol. The molecule has 0 radical (unpaired) electrons. The third-order valence-corrected chi connectivity index (χ3v) is 42.3. The van der Waals surface area contributed by atoms with Gasteiger partial charge >= 0.3 is 0 Å². The van der Waals surface area contributed by atoms with Crippen molar-refractivity contribution in [3.05, 3.63) is 37.0 Å². The van der Waals surface area contributed by atoms with Crippen LogP contribution in [-0.2, 0) is 0 Å². The lowest BCUT2D eigenvalue weighted by molar-refractivity contribution is -0.0787. The summed E-state index contributed by atoms with van der Waals surface area (Å²) in [6, 6.07) is 0. The molecule has 0 aromatic rings. The van der Waals surface area contributed by atoms with E-state index >= 15 is 0 Å². The van der Waals surface area contributed by atoms with E-state index < -0.39 is 0 Å². The third-order valence-electron chi connectivity index (χ3n) is 42.3. The Balaban J connectivity index is 0.000000541. The van der Waals surface area contributed by atoms with E-state index in [9.17, 15) is 0 Å². The number of allylic oxidation sites excluding steroid dienone is 4. The van der Waals surface area contributed by atoms with E-state index in [0.29, 0.717) is 108 Å². The molecular formula is C142H276. The van der Waals surface area contributed by atoms with Crippen LogP contribution < -0.4 is 0 Å². The lowest BCUT2D eigenvalue weighted by Gasteiger charge is -2.57. The molecule has 142 heavy (non-hydrogen) atoms. The molecule has 0 amide bonds. The smallest absolute Gasteiger partial charge is 0.0205 e. The highest BCUT2D eigenvalue weighted by molar-refractivity contribution is 5.10. The molecule has 24 atom stereocenters. The van der Waals surface area contributed by atoms with Gasteiger partial charge in [-0.2, -0.15) is 0 Å². The largest absolute Gasteiger partial charge is 0.103 e. The maximum Gasteiger partial charge on any atom is -0.0205 e. The number of fused-ring (bicyclic) bond motifs is 2. The second kappa shape index (κ2) is 52.6. The molecule has 24 unspecified atom stereocenters. The van der Waals surface area contributed by atoms with Gasteiger partial charge in [0, 0.05) is 0 Å². The Morgan fingerprint density at radius 1 is 0.275 bits per heavy atom. The Kier molecular flexibility index (Phi) is 50.9. The van der Waals surface area contributed by atoms with Gasteiger partial charge in [0.05, 0.1) is 0 Å². The first kappa shape index (κ1) is 137. The van der Waals surface area contributed by atoms with Crippen LogP contribution in [0.4, 0.5) is 0 Å². The molecule has 0 heteroatoms. The predicted molar refractivity (Wildman–Crippen MR) is 650 cm³/mol. The number of rotatable bonds is 4. The van der Waals surface area contributed by atoms with E-state index in [4.69, 9.17) is 0 Å². The van der Waals surface area contributed by atoms with Gasteiger partial charge in [0.2, 0.25) is 0 Å². The van der Waals surface area contributed by atoms with Crippen molar-refractivity contribution in [2.24, 2.45) is 244 Å². The molecule has 9 saturated carbocycles. The van der Waals surface area contributed by atoms with Gasteiger partial charge in [-0.25, -0.2) is 0 Å². The molecule has 0 heterocycles. The maximum absolute atomic E-state index is 4.21. The van der Waals surface area contributed by atoms with E-state index in [0.717, 1.165) is 136 Å². The number of hydrogen-bond acceptors (Lipinski definition) is 0. The molecular weight excluding hydrogens is 1710 g/mol. The molecule has 0 saturated heterocycles. The summed E-state index contributed by atoms with van der Waals surface area (Å²) in [4.78, 5) is 0. The molecule has 844 valence electrons. The average molecular weight is 1980 g/mol. The second-order valence-electron chi connectivity index (χ2n) is 71.8. The minimum Gasteiger partial charge on any atom is -0.103 e. The van der Waals surface area contributed by atoms with Crippen molar-refractivity contribution in [2.45, 2.75) is 627 Å². The maximum atomic E-state index is 4.21. The van der Waals surface area contributed by atoms with E-state index in [-0.39, 0.29) is 0 Å². The van der Waals surface area contributed by atoms with Gasteiger partial charge in [0.25, 0.3) is 0 Å². The highest BCUT2D eigenvalue weighted by Gasteiger charge is 2.58. The topological polar surface area (TPSA) is 0 Å². The van der Waals surface area contributed by atoms with Gasteiger partial charge in [0.15, 0.2) is 0 Å². The van der Waals surface area contributed by atoms with Gasteiger partial charge in [-0.1, -0.05) is 497 Å². The number of hydrogen-bond donors (Lipinski definition) is 0. The summed E-state index contributed by atoms with van der Waals surface area (Å²) in [6.07, 6.45) is 53.7. The van der Waals surface area contributed by atoms with Gasteiger partial charge in [0.1, 0.15) is 0 Å². The molecule has 0 aliphatic heterocycles. The minimum absolute atomic E-state index is 0.380. The fourth-order valence-corrected chi connectivity index (χ4v) is 33.0. The van der Waals surface area contributed by atoms with Crippen LogP contribution in [0, 0.1) is 244 Å². The lowest BCUT2D eigenvalue weighted by Crippen LogP contribution is -2.49. The lowest BCUT2D eigenvalue weighted by atomic mass is 9.48. The summed E-state index contributed by atoms with van der Waals surface area (Å²) in [6.45, 7) is 154. The molecule has 0 aromatic carbocycles. The van der Waals surface area contributed by atoms with Crippen LogP contribution in [0.15, 0.2) is 37.0 Å². The van der Waals surface area contributed by atoms with Crippen LogP contribution in [-0.4, -0.2) is 0 Å². The highest BCUT2D eigenvalue weighted by atomic mass is 14.6.